The van der Waals surface area contributed by atoms with E-state index in [-0.39, 0.29) is 11.9 Å². The summed E-state index contributed by atoms with van der Waals surface area (Å²) in [6.07, 6.45) is 5.31. The molecule has 1 amide bonds. The Bertz CT molecular complexity index is 324. The van der Waals surface area contributed by atoms with Gasteiger partial charge in [-0.25, -0.2) is 0 Å². The minimum atomic E-state index is -0.536. The lowest BCUT2D eigenvalue weighted by Gasteiger charge is -2.27. The largest absolute Gasteiger partial charge is 0.389 e. The van der Waals surface area contributed by atoms with Gasteiger partial charge in [0.15, 0.2) is 0 Å². The monoisotopic (exact) mass is 284 g/mol. The molecule has 4 unspecified atom stereocenters. The van der Waals surface area contributed by atoms with E-state index in [0.717, 1.165) is 31.7 Å². The molecule has 20 heavy (non-hydrogen) atoms. The zero-order valence-corrected chi connectivity index (χ0v) is 12.7. The lowest BCUT2D eigenvalue weighted by Crippen LogP contribution is -2.42. The lowest BCUT2D eigenvalue weighted by atomic mass is 9.89. The van der Waals surface area contributed by atoms with Gasteiger partial charge in [0.05, 0.1) is 24.9 Å². The summed E-state index contributed by atoms with van der Waals surface area (Å²) in [5.41, 5.74) is 0. The highest BCUT2D eigenvalue weighted by atomic mass is 16.5. The van der Waals surface area contributed by atoms with Crippen LogP contribution in [0, 0.1) is 5.92 Å². The Morgan fingerprint density at radius 3 is 2.90 bits per heavy atom. The van der Waals surface area contributed by atoms with Gasteiger partial charge in [0.1, 0.15) is 0 Å². The van der Waals surface area contributed by atoms with Crippen LogP contribution in [-0.4, -0.2) is 60.9 Å². The highest BCUT2D eigenvalue weighted by Gasteiger charge is 2.29. The fourth-order valence-electron chi connectivity index (χ4n) is 3.13. The Kier molecular flexibility index (Phi) is 5.81. The van der Waals surface area contributed by atoms with Gasteiger partial charge in [-0.1, -0.05) is 19.8 Å². The fourth-order valence-corrected chi connectivity index (χ4v) is 3.13. The van der Waals surface area contributed by atoms with Crippen molar-refractivity contribution in [3.63, 3.8) is 0 Å². The van der Waals surface area contributed by atoms with E-state index >= 15 is 0 Å². The molecule has 0 aromatic carbocycles. The molecule has 1 saturated heterocycles. The van der Waals surface area contributed by atoms with Crippen molar-refractivity contribution in [2.75, 3.05) is 26.7 Å². The van der Waals surface area contributed by atoms with Gasteiger partial charge in [0, 0.05) is 20.1 Å². The number of rotatable bonds is 6. The number of likely N-dealkylation sites (tertiary alicyclic amines) is 1. The number of carbonyl (C=O) groups is 1. The molecule has 4 atom stereocenters. The third-order valence-electron chi connectivity index (χ3n) is 4.44. The van der Waals surface area contributed by atoms with Crippen molar-refractivity contribution in [2.45, 2.75) is 57.3 Å². The van der Waals surface area contributed by atoms with Gasteiger partial charge < -0.3 is 20.1 Å². The maximum Gasteiger partial charge on any atom is 0.239 e. The number of ether oxygens (including phenoxy) is 1. The summed E-state index contributed by atoms with van der Waals surface area (Å²) < 4.78 is 5.79. The Balaban J connectivity index is 1.60. The molecule has 5 nitrogen and oxygen atoms in total. The second-order valence-corrected chi connectivity index (χ2v) is 6.39. The highest BCUT2D eigenvalue weighted by Crippen LogP contribution is 2.25. The standard InChI is InChI=1S/C15H28N2O3/c1-11-4-3-5-13(8-11)20-10-12(18)9-16-14-6-7-17(2)15(14)19/h11-14,16,18H,3-10H2,1-2H3. The number of nitrogens with zero attached hydrogens (tertiary/aromatic N) is 1. The summed E-state index contributed by atoms with van der Waals surface area (Å²) in [5.74, 6) is 0.856. The van der Waals surface area contributed by atoms with Crippen LogP contribution in [0.3, 0.4) is 0 Å². The van der Waals surface area contributed by atoms with Crippen LogP contribution in [0.2, 0.25) is 0 Å². The van der Waals surface area contributed by atoms with Crippen molar-refractivity contribution in [2.24, 2.45) is 5.92 Å². The molecule has 0 bridgehead atoms. The van der Waals surface area contributed by atoms with Crippen LogP contribution in [0.25, 0.3) is 0 Å². The van der Waals surface area contributed by atoms with Gasteiger partial charge in [-0.3, -0.25) is 4.79 Å². The molecule has 1 aliphatic heterocycles. The molecule has 1 heterocycles. The van der Waals surface area contributed by atoms with Crippen molar-refractivity contribution >= 4 is 5.91 Å². The molecule has 1 aliphatic carbocycles. The summed E-state index contributed by atoms with van der Waals surface area (Å²) in [6, 6.07) is -0.135. The minimum Gasteiger partial charge on any atom is -0.389 e. The SMILES string of the molecule is CC1CCCC(OCC(O)CNC2CCN(C)C2=O)C1. The number of aliphatic hydroxyl groups excluding tert-OH is 1. The highest BCUT2D eigenvalue weighted by molar-refractivity contribution is 5.83. The molecular weight excluding hydrogens is 256 g/mol. The number of hydrogen-bond donors (Lipinski definition) is 2. The Labute approximate surface area is 121 Å². The lowest BCUT2D eigenvalue weighted by molar-refractivity contribution is -0.128. The predicted molar refractivity (Wildman–Crippen MR) is 77.4 cm³/mol. The van der Waals surface area contributed by atoms with Crippen molar-refractivity contribution in [1.82, 2.24) is 10.2 Å². The van der Waals surface area contributed by atoms with Gasteiger partial charge in [-0.05, 0) is 25.2 Å². The fraction of sp³-hybridized carbons (Fsp3) is 0.933. The number of nitrogens with one attached hydrogen (secondary N) is 1. The van der Waals surface area contributed by atoms with Gasteiger partial charge in [-0.2, -0.15) is 0 Å². The molecule has 2 N–H and O–H groups in total. The molecule has 116 valence electrons. The first-order valence-electron chi connectivity index (χ1n) is 7.84. The van der Waals surface area contributed by atoms with Crippen LogP contribution in [0.5, 0.6) is 0 Å². The number of carbonyl (C=O) groups excluding carboxylic acids is 1. The molecule has 0 spiro atoms. The average Bonchev–Trinajstić information content (AvgIpc) is 2.74. The number of likely N-dealkylation sites (N-methyl/N-ethyl adjacent to an activating group) is 1. The van der Waals surface area contributed by atoms with E-state index < -0.39 is 6.10 Å². The van der Waals surface area contributed by atoms with Crippen LogP contribution in [0.1, 0.15) is 39.0 Å². The smallest absolute Gasteiger partial charge is 0.239 e. The maximum atomic E-state index is 11.7. The molecule has 0 radical (unpaired) electrons. The molecule has 1 saturated carbocycles. The quantitative estimate of drug-likeness (QED) is 0.756. The van der Waals surface area contributed by atoms with E-state index in [0.29, 0.717) is 19.3 Å². The van der Waals surface area contributed by atoms with Gasteiger partial charge >= 0.3 is 0 Å². The van der Waals surface area contributed by atoms with Crippen LogP contribution in [-0.2, 0) is 9.53 Å². The second kappa shape index (κ2) is 7.38. The Morgan fingerprint density at radius 2 is 2.25 bits per heavy atom. The number of hydrogen-bond acceptors (Lipinski definition) is 4. The first-order chi connectivity index (χ1) is 9.56. The van der Waals surface area contributed by atoms with Crippen molar-refractivity contribution in [3.8, 4) is 0 Å². The zero-order valence-electron chi connectivity index (χ0n) is 12.7. The van der Waals surface area contributed by atoms with E-state index in [4.69, 9.17) is 4.74 Å². The molecule has 0 aromatic rings. The Hall–Kier alpha value is -0.650. The van der Waals surface area contributed by atoms with Crippen molar-refractivity contribution in [1.29, 1.82) is 0 Å². The predicted octanol–water partition coefficient (Wildman–Crippen LogP) is 0.763. The summed E-state index contributed by atoms with van der Waals surface area (Å²) >= 11 is 0. The van der Waals surface area contributed by atoms with Gasteiger partial charge in [-0.15, -0.1) is 0 Å². The van der Waals surface area contributed by atoms with Crippen LogP contribution in [0.4, 0.5) is 0 Å². The van der Waals surface area contributed by atoms with Crippen LogP contribution >= 0.6 is 0 Å². The van der Waals surface area contributed by atoms with E-state index in [2.05, 4.69) is 12.2 Å². The van der Waals surface area contributed by atoms with Crippen molar-refractivity contribution < 1.29 is 14.6 Å². The molecule has 2 rings (SSSR count). The molecule has 2 fully saturated rings. The first kappa shape index (κ1) is 15.7. The normalized spacial score (nSPS) is 32.6. The van der Waals surface area contributed by atoms with Crippen LogP contribution < -0.4 is 5.32 Å². The summed E-state index contributed by atoms with van der Waals surface area (Å²) in [7, 11) is 1.81. The summed E-state index contributed by atoms with van der Waals surface area (Å²) in [5, 5.41) is 13.1. The van der Waals surface area contributed by atoms with E-state index in [1.165, 1.54) is 12.8 Å². The third-order valence-corrected chi connectivity index (χ3v) is 4.44. The zero-order chi connectivity index (χ0) is 14.5. The van der Waals surface area contributed by atoms with Gasteiger partial charge in [0.2, 0.25) is 5.91 Å². The summed E-state index contributed by atoms with van der Waals surface area (Å²) in [6.45, 7) is 3.84. The topological polar surface area (TPSA) is 61.8 Å². The van der Waals surface area contributed by atoms with E-state index in [1.807, 2.05) is 7.05 Å². The van der Waals surface area contributed by atoms with E-state index in [9.17, 15) is 9.90 Å². The molecule has 2 aliphatic rings. The maximum absolute atomic E-state index is 11.7. The second-order valence-electron chi connectivity index (χ2n) is 6.39. The Morgan fingerprint density at radius 1 is 1.45 bits per heavy atom. The van der Waals surface area contributed by atoms with Gasteiger partial charge in [0.25, 0.3) is 0 Å². The molecule has 5 heteroatoms. The minimum absolute atomic E-state index is 0.124. The van der Waals surface area contributed by atoms with E-state index in [1.54, 1.807) is 4.90 Å². The number of aliphatic hydroxyl groups is 1. The first-order valence-corrected chi connectivity index (χ1v) is 7.84. The molecule has 0 aromatic heterocycles. The van der Waals surface area contributed by atoms with Crippen LogP contribution in [0.15, 0.2) is 0 Å². The third kappa shape index (κ3) is 4.43. The summed E-state index contributed by atoms with van der Waals surface area (Å²) in [4.78, 5) is 13.4. The number of amides is 1. The average molecular weight is 284 g/mol. The molecular formula is C15H28N2O3. The van der Waals surface area contributed by atoms with Crippen molar-refractivity contribution in [3.05, 3.63) is 0 Å².